The first kappa shape index (κ1) is 9.71. The first-order valence-corrected chi connectivity index (χ1v) is 3.24. The number of halogens is 2. The number of H-pyrrole nitrogens is 1. The molecular formula is C4H8BrClN4. The van der Waals surface area contributed by atoms with Crippen LogP contribution in [0, 0.1) is 0 Å². The minimum absolute atomic E-state index is 0. The summed E-state index contributed by atoms with van der Waals surface area (Å²) < 4.78 is 0.659. The van der Waals surface area contributed by atoms with Crippen LogP contribution < -0.4 is 4.90 Å². The van der Waals surface area contributed by atoms with Gasteiger partial charge >= 0.3 is 0 Å². The molecule has 0 aliphatic carbocycles. The van der Waals surface area contributed by atoms with Gasteiger partial charge in [-0.1, -0.05) is 0 Å². The Hall–Kier alpha value is -0.290. The van der Waals surface area contributed by atoms with Crippen LogP contribution in [0.15, 0.2) is 4.73 Å². The van der Waals surface area contributed by atoms with Gasteiger partial charge in [-0.2, -0.15) is 4.98 Å². The van der Waals surface area contributed by atoms with Crippen LogP contribution in [0.3, 0.4) is 0 Å². The molecule has 0 spiro atoms. The van der Waals surface area contributed by atoms with E-state index >= 15 is 0 Å². The lowest BCUT2D eigenvalue weighted by Crippen LogP contribution is -2.10. The summed E-state index contributed by atoms with van der Waals surface area (Å²) in [4.78, 5) is 5.81. The van der Waals surface area contributed by atoms with Gasteiger partial charge in [0.15, 0.2) is 4.73 Å². The first-order chi connectivity index (χ1) is 4.20. The van der Waals surface area contributed by atoms with E-state index in [2.05, 4.69) is 31.1 Å². The number of rotatable bonds is 1. The Bertz CT molecular complexity index is 199. The lowest BCUT2D eigenvalue weighted by atomic mass is 10.8. The second-order valence-electron chi connectivity index (χ2n) is 1.82. The molecule has 6 heteroatoms. The van der Waals surface area contributed by atoms with Crippen LogP contribution in [-0.2, 0) is 0 Å². The van der Waals surface area contributed by atoms with E-state index in [9.17, 15) is 0 Å². The zero-order valence-electron chi connectivity index (χ0n) is 5.63. The summed E-state index contributed by atoms with van der Waals surface area (Å²) in [7, 11) is 3.77. The zero-order valence-corrected chi connectivity index (χ0v) is 8.03. The van der Waals surface area contributed by atoms with E-state index < -0.39 is 0 Å². The van der Waals surface area contributed by atoms with Crippen molar-refractivity contribution in [2.45, 2.75) is 0 Å². The quantitative estimate of drug-likeness (QED) is 0.780. The average Bonchev–Trinajstić information content (AvgIpc) is 2.14. The van der Waals surface area contributed by atoms with Gasteiger partial charge in [0.05, 0.1) is 0 Å². The molecule has 58 valence electrons. The fraction of sp³-hybridized carbons (Fsp3) is 0.500. The normalized spacial score (nSPS) is 8.70. The number of aromatic amines is 1. The standard InChI is InChI=1S/C4H7BrN4.ClH/c1-9(2)4-6-3(5)7-8-4;/h1-2H3,(H,6,7,8);1H. The van der Waals surface area contributed by atoms with Gasteiger partial charge in [-0.05, 0) is 15.9 Å². The summed E-state index contributed by atoms with van der Waals surface area (Å²) in [6.07, 6.45) is 0. The molecule has 1 rings (SSSR count). The third-order valence-electron chi connectivity index (χ3n) is 0.846. The van der Waals surface area contributed by atoms with Gasteiger partial charge in [0.1, 0.15) is 0 Å². The van der Waals surface area contributed by atoms with Crippen LogP contribution in [0.4, 0.5) is 5.95 Å². The molecule has 0 radical (unpaired) electrons. The maximum absolute atomic E-state index is 3.99. The smallest absolute Gasteiger partial charge is 0.244 e. The van der Waals surface area contributed by atoms with Crippen molar-refractivity contribution in [2.24, 2.45) is 0 Å². The van der Waals surface area contributed by atoms with E-state index in [0.29, 0.717) is 10.7 Å². The number of nitrogens with one attached hydrogen (secondary N) is 1. The van der Waals surface area contributed by atoms with E-state index in [1.165, 1.54) is 0 Å². The predicted octanol–water partition coefficient (Wildman–Crippen LogP) is 1.05. The van der Waals surface area contributed by atoms with E-state index in [4.69, 9.17) is 0 Å². The molecule has 4 nitrogen and oxygen atoms in total. The summed E-state index contributed by atoms with van der Waals surface area (Å²) >= 11 is 3.14. The summed E-state index contributed by atoms with van der Waals surface area (Å²) in [6.45, 7) is 0. The highest BCUT2D eigenvalue weighted by molar-refractivity contribution is 9.10. The Labute approximate surface area is 73.6 Å². The van der Waals surface area contributed by atoms with Crippen molar-refractivity contribution in [2.75, 3.05) is 19.0 Å². The van der Waals surface area contributed by atoms with Crippen LogP contribution in [0.2, 0.25) is 0 Å². The monoisotopic (exact) mass is 226 g/mol. The Morgan fingerprint density at radius 2 is 2.10 bits per heavy atom. The Balaban J connectivity index is 0.000000810. The van der Waals surface area contributed by atoms with Crippen molar-refractivity contribution in [1.29, 1.82) is 0 Å². The Morgan fingerprint density at radius 1 is 1.50 bits per heavy atom. The lowest BCUT2D eigenvalue weighted by Gasteiger charge is -2.02. The van der Waals surface area contributed by atoms with Crippen molar-refractivity contribution in [3.8, 4) is 0 Å². The van der Waals surface area contributed by atoms with Crippen LogP contribution in [0.1, 0.15) is 0 Å². The number of hydrogen-bond acceptors (Lipinski definition) is 3. The zero-order chi connectivity index (χ0) is 6.85. The highest BCUT2D eigenvalue weighted by atomic mass is 79.9. The molecule has 0 atom stereocenters. The molecule has 1 aromatic heterocycles. The average molecular weight is 227 g/mol. The van der Waals surface area contributed by atoms with E-state index in [1.54, 1.807) is 0 Å². The molecule has 0 saturated carbocycles. The fourth-order valence-corrected chi connectivity index (χ4v) is 0.681. The summed E-state index contributed by atoms with van der Waals surface area (Å²) in [6, 6.07) is 0. The van der Waals surface area contributed by atoms with E-state index in [0.717, 1.165) is 0 Å². The minimum atomic E-state index is 0. The first-order valence-electron chi connectivity index (χ1n) is 2.45. The highest BCUT2D eigenvalue weighted by Crippen LogP contribution is 2.05. The number of hydrogen-bond donors (Lipinski definition) is 1. The van der Waals surface area contributed by atoms with Crippen molar-refractivity contribution < 1.29 is 0 Å². The highest BCUT2D eigenvalue weighted by Gasteiger charge is 1.99. The van der Waals surface area contributed by atoms with Crippen molar-refractivity contribution in [1.82, 2.24) is 15.2 Å². The van der Waals surface area contributed by atoms with Crippen molar-refractivity contribution in [3.63, 3.8) is 0 Å². The van der Waals surface area contributed by atoms with Gasteiger partial charge in [-0.15, -0.1) is 17.5 Å². The van der Waals surface area contributed by atoms with Crippen LogP contribution >= 0.6 is 28.3 Å². The molecule has 1 N–H and O–H groups in total. The largest absolute Gasteiger partial charge is 0.346 e. The maximum Gasteiger partial charge on any atom is 0.244 e. The van der Waals surface area contributed by atoms with Gasteiger partial charge in [0.2, 0.25) is 5.95 Å². The lowest BCUT2D eigenvalue weighted by molar-refractivity contribution is 0.997. The van der Waals surface area contributed by atoms with Gasteiger partial charge < -0.3 is 4.90 Å². The molecular weight excluding hydrogens is 219 g/mol. The molecule has 0 unspecified atom stereocenters. The number of anilines is 1. The van der Waals surface area contributed by atoms with Gasteiger partial charge in [-0.3, -0.25) is 5.10 Å². The van der Waals surface area contributed by atoms with Crippen LogP contribution in [0.5, 0.6) is 0 Å². The second kappa shape index (κ2) is 3.78. The molecule has 0 bridgehead atoms. The van der Waals surface area contributed by atoms with Crippen LogP contribution in [0.25, 0.3) is 0 Å². The van der Waals surface area contributed by atoms with Gasteiger partial charge in [0.25, 0.3) is 0 Å². The second-order valence-corrected chi connectivity index (χ2v) is 2.57. The van der Waals surface area contributed by atoms with Crippen LogP contribution in [-0.4, -0.2) is 29.3 Å². The molecule has 0 aliphatic rings. The van der Waals surface area contributed by atoms with Crippen molar-refractivity contribution >= 4 is 34.3 Å². The van der Waals surface area contributed by atoms with Gasteiger partial charge in [-0.25, -0.2) is 0 Å². The predicted molar refractivity (Wildman–Crippen MR) is 45.7 cm³/mol. The molecule has 0 amide bonds. The molecule has 0 aliphatic heterocycles. The van der Waals surface area contributed by atoms with Crippen molar-refractivity contribution in [3.05, 3.63) is 4.73 Å². The Morgan fingerprint density at radius 3 is 2.30 bits per heavy atom. The maximum atomic E-state index is 3.99. The molecule has 0 saturated heterocycles. The summed E-state index contributed by atoms with van der Waals surface area (Å²) in [5.41, 5.74) is 0. The number of aromatic nitrogens is 3. The third-order valence-corrected chi connectivity index (χ3v) is 1.20. The minimum Gasteiger partial charge on any atom is -0.346 e. The molecule has 10 heavy (non-hydrogen) atoms. The van der Waals surface area contributed by atoms with E-state index in [1.807, 2.05) is 19.0 Å². The molecule has 1 aromatic rings. The topological polar surface area (TPSA) is 44.8 Å². The number of nitrogens with zero attached hydrogens (tertiary/aromatic N) is 3. The Kier molecular flexibility index (Phi) is 3.67. The molecule has 0 aromatic carbocycles. The molecule has 0 fully saturated rings. The third kappa shape index (κ3) is 2.15. The summed E-state index contributed by atoms with van der Waals surface area (Å²) in [5.74, 6) is 0.682. The summed E-state index contributed by atoms with van der Waals surface area (Å²) in [5, 5.41) is 6.52. The fourth-order valence-electron chi connectivity index (χ4n) is 0.434. The SMILES string of the molecule is CN(C)c1n[nH]c(Br)n1.Cl. The van der Waals surface area contributed by atoms with Gasteiger partial charge in [0, 0.05) is 14.1 Å². The molecule has 1 heterocycles. The van der Waals surface area contributed by atoms with E-state index in [-0.39, 0.29) is 12.4 Å².